The molecular weight excluding hydrogens is 434 g/mol. The van der Waals surface area contributed by atoms with Gasteiger partial charge in [0.05, 0.1) is 16.9 Å². The number of carbonyl (C=O) groups is 1. The number of nitrogens with zero attached hydrogens (tertiary/aromatic N) is 4. The van der Waals surface area contributed by atoms with E-state index in [2.05, 4.69) is 44.2 Å². The van der Waals surface area contributed by atoms with Crippen LogP contribution < -0.4 is 10.2 Å². The summed E-state index contributed by atoms with van der Waals surface area (Å²) in [6.45, 7) is 4.02. The number of piperidine rings is 1. The minimum absolute atomic E-state index is 0.0837. The molecule has 5 rings (SSSR count). The molecular formula is C29H39N5O. The average molecular weight is 474 g/mol. The molecule has 6 nitrogen and oxygen atoms in total. The Balaban J connectivity index is 1.25. The third-order valence-corrected chi connectivity index (χ3v) is 7.97. The molecule has 6 heteroatoms. The van der Waals surface area contributed by atoms with Crippen LogP contribution in [0.2, 0.25) is 0 Å². The Hall–Kier alpha value is -2.70. The van der Waals surface area contributed by atoms with Crippen LogP contribution in [0.1, 0.15) is 61.7 Å². The molecule has 35 heavy (non-hydrogen) atoms. The molecule has 1 saturated heterocycles. The highest BCUT2D eigenvalue weighted by Gasteiger charge is 2.27. The number of para-hydroxylation sites is 1. The standard InChI is InChI=1S/C29H39N5O/c1-32(23-12-3-2-4-13-23)22-24-14-7-8-19-33(24)20-9-10-21-34-27-17-6-5-15-25(27)29(35)31-26-16-11-18-30-28(26)34/h5-6,9-11,15-18,23-24H,2-4,7-8,12-14,19-22H2,1H3,(H,31,35). The zero-order valence-electron chi connectivity index (χ0n) is 21.0. The van der Waals surface area contributed by atoms with Crippen LogP contribution in [-0.2, 0) is 0 Å². The van der Waals surface area contributed by atoms with Crippen LogP contribution in [0.15, 0.2) is 54.7 Å². The summed E-state index contributed by atoms with van der Waals surface area (Å²) < 4.78 is 0. The number of pyridine rings is 1. The number of carbonyl (C=O) groups excluding carboxylic acids is 1. The Morgan fingerprint density at radius 3 is 2.69 bits per heavy atom. The molecule has 1 atom stereocenters. The summed E-state index contributed by atoms with van der Waals surface area (Å²) in [5.41, 5.74) is 2.33. The van der Waals surface area contributed by atoms with E-state index in [9.17, 15) is 4.79 Å². The fraction of sp³-hybridized carbons (Fsp3) is 0.517. The van der Waals surface area contributed by atoms with Gasteiger partial charge >= 0.3 is 0 Å². The van der Waals surface area contributed by atoms with Crippen molar-refractivity contribution < 1.29 is 4.79 Å². The van der Waals surface area contributed by atoms with Gasteiger partial charge in [0.2, 0.25) is 0 Å². The van der Waals surface area contributed by atoms with Crippen molar-refractivity contribution in [2.45, 2.75) is 63.5 Å². The number of likely N-dealkylation sites (tertiary alicyclic amines) is 1. The predicted octanol–water partition coefficient (Wildman–Crippen LogP) is 5.46. The molecule has 2 fully saturated rings. The predicted molar refractivity (Wildman–Crippen MR) is 143 cm³/mol. The lowest BCUT2D eigenvalue weighted by Crippen LogP contribution is -2.48. The van der Waals surface area contributed by atoms with Crippen molar-refractivity contribution in [1.82, 2.24) is 14.8 Å². The summed E-state index contributed by atoms with van der Waals surface area (Å²) in [7, 11) is 2.34. The molecule has 1 amide bonds. The van der Waals surface area contributed by atoms with E-state index >= 15 is 0 Å². The van der Waals surface area contributed by atoms with Crippen molar-refractivity contribution in [3.8, 4) is 0 Å². The normalized spacial score (nSPS) is 21.6. The third-order valence-electron chi connectivity index (χ3n) is 7.97. The summed E-state index contributed by atoms with van der Waals surface area (Å²) in [5, 5.41) is 3.02. The molecule has 0 radical (unpaired) electrons. The summed E-state index contributed by atoms with van der Waals surface area (Å²) >= 11 is 0. The smallest absolute Gasteiger partial charge is 0.257 e. The molecule has 3 heterocycles. The van der Waals surface area contributed by atoms with Crippen LogP contribution in [0, 0.1) is 0 Å². The number of benzene rings is 1. The molecule has 1 aromatic heterocycles. The van der Waals surface area contributed by atoms with Gasteiger partial charge in [0, 0.05) is 37.9 Å². The fourth-order valence-corrected chi connectivity index (χ4v) is 6.00. The highest BCUT2D eigenvalue weighted by atomic mass is 16.1. The molecule has 186 valence electrons. The van der Waals surface area contributed by atoms with Gasteiger partial charge in [-0.2, -0.15) is 0 Å². The number of fused-ring (bicyclic) bond motifs is 2. The average Bonchev–Trinajstić information content (AvgIpc) is 3.02. The van der Waals surface area contributed by atoms with E-state index < -0.39 is 0 Å². The van der Waals surface area contributed by atoms with Gasteiger partial charge in [0.15, 0.2) is 5.82 Å². The number of hydrogen-bond acceptors (Lipinski definition) is 5. The largest absolute Gasteiger partial charge is 0.320 e. The van der Waals surface area contributed by atoms with Crippen LogP contribution in [0.4, 0.5) is 17.2 Å². The highest BCUT2D eigenvalue weighted by molar-refractivity contribution is 6.12. The van der Waals surface area contributed by atoms with E-state index in [0.29, 0.717) is 18.2 Å². The van der Waals surface area contributed by atoms with Gasteiger partial charge in [0.25, 0.3) is 5.91 Å². The van der Waals surface area contributed by atoms with E-state index in [1.54, 1.807) is 6.20 Å². The lowest BCUT2D eigenvalue weighted by atomic mass is 9.93. The Kier molecular flexibility index (Phi) is 7.79. The van der Waals surface area contributed by atoms with Gasteiger partial charge in [-0.25, -0.2) is 4.98 Å². The zero-order valence-corrected chi connectivity index (χ0v) is 21.0. The quantitative estimate of drug-likeness (QED) is 0.541. The maximum atomic E-state index is 12.8. The lowest BCUT2D eigenvalue weighted by molar-refractivity contribution is 0.0960. The van der Waals surface area contributed by atoms with Crippen molar-refractivity contribution in [2.24, 2.45) is 0 Å². The van der Waals surface area contributed by atoms with Crippen molar-refractivity contribution in [2.75, 3.05) is 43.4 Å². The third kappa shape index (κ3) is 5.60. The number of aromatic nitrogens is 1. The Bertz CT molecular complexity index is 1030. The van der Waals surface area contributed by atoms with E-state index in [0.717, 1.165) is 29.8 Å². The summed E-state index contributed by atoms with van der Waals surface area (Å²) in [5.74, 6) is 0.708. The second-order valence-corrected chi connectivity index (χ2v) is 10.3. The summed E-state index contributed by atoms with van der Waals surface area (Å²) in [6.07, 6.45) is 17.2. The molecule has 1 N–H and O–H groups in total. The van der Waals surface area contributed by atoms with Crippen molar-refractivity contribution in [3.05, 3.63) is 60.3 Å². The van der Waals surface area contributed by atoms with Crippen LogP contribution in [0.25, 0.3) is 0 Å². The lowest BCUT2D eigenvalue weighted by Gasteiger charge is -2.40. The highest BCUT2D eigenvalue weighted by Crippen LogP contribution is 2.35. The summed E-state index contributed by atoms with van der Waals surface area (Å²) in [4.78, 5) is 24.9. The first-order valence-electron chi connectivity index (χ1n) is 13.4. The molecule has 2 aromatic rings. The van der Waals surface area contributed by atoms with E-state index in [1.807, 2.05) is 36.4 Å². The molecule has 1 aromatic carbocycles. The second kappa shape index (κ2) is 11.4. The number of rotatable bonds is 7. The number of anilines is 3. The molecule has 1 aliphatic carbocycles. The van der Waals surface area contributed by atoms with Gasteiger partial charge < -0.3 is 15.1 Å². The minimum Gasteiger partial charge on any atom is -0.320 e. The molecule has 3 aliphatic rings. The van der Waals surface area contributed by atoms with Crippen molar-refractivity contribution in [1.29, 1.82) is 0 Å². The Morgan fingerprint density at radius 1 is 1.00 bits per heavy atom. The van der Waals surface area contributed by atoms with E-state index in [-0.39, 0.29) is 5.91 Å². The van der Waals surface area contributed by atoms with Crippen LogP contribution in [0.5, 0.6) is 0 Å². The monoisotopic (exact) mass is 473 g/mol. The SMILES string of the molecule is CN(CC1CCCCN1CC=CCN1c2ccccc2C(=O)Nc2cccnc21)C1CCCCC1. The number of likely N-dealkylation sites (N-methyl/N-ethyl adjacent to an activating group) is 1. The van der Waals surface area contributed by atoms with Crippen LogP contribution >= 0.6 is 0 Å². The molecule has 2 aliphatic heterocycles. The van der Waals surface area contributed by atoms with Gasteiger partial charge in [-0.15, -0.1) is 0 Å². The van der Waals surface area contributed by atoms with Gasteiger partial charge in [-0.1, -0.05) is 50.0 Å². The van der Waals surface area contributed by atoms with Gasteiger partial charge in [-0.3, -0.25) is 9.69 Å². The first-order valence-corrected chi connectivity index (χ1v) is 13.4. The minimum atomic E-state index is -0.0837. The van der Waals surface area contributed by atoms with Crippen LogP contribution in [-0.4, -0.2) is 66.0 Å². The van der Waals surface area contributed by atoms with Crippen molar-refractivity contribution in [3.63, 3.8) is 0 Å². The Labute approximate surface area is 210 Å². The first-order chi connectivity index (χ1) is 17.2. The Morgan fingerprint density at radius 2 is 1.80 bits per heavy atom. The maximum absolute atomic E-state index is 12.8. The number of nitrogens with one attached hydrogen (secondary N) is 1. The molecule has 0 spiro atoms. The molecule has 0 bridgehead atoms. The van der Waals surface area contributed by atoms with E-state index in [4.69, 9.17) is 0 Å². The molecule has 1 unspecified atom stereocenters. The number of hydrogen-bond donors (Lipinski definition) is 1. The van der Waals surface area contributed by atoms with E-state index in [1.165, 1.54) is 64.5 Å². The summed E-state index contributed by atoms with van der Waals surface area (Å²) in [6, 6.07) is 13.0. The van der Waals surface area contributed by atoms with Crippen LogP contribution in [0.3, 0.4) is 0 Å². The topological polar surface area (TPSA) is 51.7 Å². The van der Waals surface area contributed by atoms with Gasteiger partial charge in [0.1, 0.15) is 0 Å². The zero-order chi connectivity index (χ0) is 24.0. The fourth-order valence-electron chi connectivity index (χ4n) is 6.00. The number of amides is 1. The van der Waals surface area contributed by atoms with Gasteiger partial charge in [-0.05, 0) is 63.5 Å². The molecule has 1 saturated carbocycles. The first kappa shape index (κ1) is 24.0. The maximum Gasteiger partial charge on any atom is 0.257 e. The second-order valence-electron chi connectivity index (χ2n) is 10.3. The van der Waals surface area contributed by atoms with Crippen molar-refractivity contribution >= 4 is 23.1 Å².